The predicted octanol–water partition coefficient (Wildman–Crippen LogP) is 4.04. The quantitative estimate of drug-likeness (QED) is 0.787. The molecule has 3 aromatic rings. The fourth-order valence-corrected chi connectivity index (χ4v) is 2.89. The fraction of sp³-hybridized carbons (Fsp3) is 0.211. The number of hydrogen-bond acceptors (Lipinski definition) is 2. The number of nitrogens with zero attached hydrogens (tertiary/aromatic N) is 1. The highest BCUT2D eigenvalue weighted by molar-refractivity contribution is 5.95. The Labute approximate surface area is 130 Å². The zero-order valence-corrected chi connectivity index (χ0v) is 13.0. The molecule has 2 aromatic carbocycles. The minimum atomic E-state index is -0.0425. The Balaban J connectivity index is 2.09. The lowest BCUT2D eigenvalue weighted by molar-refractivity contribution is 0.866. The van der Waals surface area contributed by atoms with Gasteiger partial charge in [0.15, 0.2) is 0 Å². The van der Waals surface area contributed by atoms with Gasteiger partial charge in [-0.1, -0.05) is 30.3 Å². The van der Waals surface area contributed by atoms with E-state index in [1.807, 2.05) is 24.3 Å². The van der Waals surface area contributed by atoms with Crippen LogP contribution in [0.1, 0.15) is 13.8 Å². The molecule has 0 atom stereocenters. The molecule has 0 fully saturated rings. The second-order valence-corrected chi connectivity index (χ2v) is 5.30. The van der Waals surface area contributed by atoms with E-state index in [0.717, 1.165) is 35.0 Å². The molecule has 1 heterocycles. The lowest BCUT2D eigenvalue weighted by Gasteiger charge is -2.21. The first-order chi connectivity index (χ1) is 10.7. The summed E-state index contributed by atoms with van der Waals surface area (Å²) in [6.07, 6.45) is 1.80. The number of fused-ring (bicyclic) bond motifs is 1. The van der Waals surface area contributed by atoms with Gasteiger partial charge >= 0.3 is 0 Å². The zero-order valence-electron chi connectivity index (χ0n) is 13.0. The van der Waals surface area contributed by atoms with Gasteiger partial charge in [0.25, 0.3) is 5.56 Å². The summed E-state index contributed by atoms with van der Waals surface area (Å²) in [5, 5.41) is 1.72. The minimum absolute atomic E-state index is 0.0425. The van der Waals surface area contributed by atoms with Gasteiger partial charge in [-0.25, -0.2) is 0 Å². The van der Waals surface area contributed by atoms with E-state index >= 15 is 0 Å². The highest BCUT2D eigenvalue weighted by Crippen LogP contribution is 2.27. The van der Waals surface area contributed by atoms with Crippen LogP contribution >= 0.6 is 0 Å². The maximum Gasteiger partial charge on any atom is 0.255 e. The van der Waals surface area contributed by atoms with E-state index < -0.39 is 0 Å². The largest absolute Gasteiger partial charge is 0.372 e. The van der Waals surface area contributed by atoms with Crippen LogP contribution in [0, 0.1) is 0 Å². The molecule has 0 aliphatic heterocycles. The molecule has 22 heavy (non-hydrogen) atoms. The molecule has 3 nitrogen and oxygen atoms in total. The third-order valence-electron chi connectivity index (χ3n) is 4.12. The summed E-state index contributed by atoms with van der Waals surface area (Å²) < 4.78 is 0. The Bertz CT molecular complexity index is 830. The summed E-state index contributed by atoms with van der Waals surface area (Å²) in [5.41, 5.74) is 3.35. The first-order valence-electron chi connectivity index (χ1n) is 7.70. The first-order valence-corrected chi connectivity index (χ1v) is 7.70. The Morgan fingerprint density at radius 2 is 1.55 bits per heavy atom. The Kier molecular flexibility index (Phi) is 3.96. The third-order valence-corrected chi connectivity index (χ3v) is 4.12. The van der Waals surface area contributed by atoms with Crippen LogP contribution in [0.2, 0.25) is 0 Å². The van der Waals surface area contributed by atoms with E-state index in [0.29, 0.717) is 0 Å². The highest BCUT2D eigenvalue weighted by Gasteiger charge is 2.07. The summed E-state index contributed by atoms with van der Waals surface area (Å²) in [6, 6.07) is 16.2. The standard InChI is InChI=1S/C19H20N2O/c1-3-21(4-2)15-11-9-14(10-12-15)18-13-20-19(22)17-8-6-5-7-16(17)18/h5-13H,3-4H2,1-2H3,(H,20,22). The molecule has 3 rings (SSSR count). The van der Waals surface area contributed by atoms with Crippen molar-refractivity contribution >= 4 is 16.5 Å². The Morgan fingerprint density at radius 3 is 2.18 bits per heavy atom. The molecule has 0 amide bonds. The molecule has 0 spiro atoms. The lowest BCUT2D eigenvalue weighted by Crippen LogP contribution is -2.21. The first kappa shape index (κ1) is 14.4. The molecule has 1 N–H and O–H groups in total. The van der Waals surface area contributed by atoms with Crippen LogP contribution in [0.4, 0.5) is 5.69 Å². The smallest absolute Gasteiger partial charge is 0.255 e. The predicted molar refractivity (Wildman–Crippen MR) is 93.6 cm³/mol. The average molecular weight is 292 g/mol. The van der Waals surface area contributed by atoms with Gasteiger partial charge in [-0.2, -0.15) is 0 Å². The molecule has 0 aliphatic carbocycles. The number of nitrogens with one attached hydrogen (secondary N) is 1. The third kappa shape index (κ3) is 2.50. The summed E-state index contributed by atoms with van der Waals surface area (Å²) >= 11 is 0. The fourth-order valence-electron chi connectivity index (χ4n) is 2.89. The van der Waals surface area contributed by atoms with Crippen molar-refractivity contribution in [3.8, 4) is 11.1 Å². The lowest BCUT2D eigenvalue weighted by atomic mass is 10.0. The Hall–Kier alpha value is -2.55. The van der Waals surface area contributed by atoms with Crippen LogP contribution in [0.15, 0.2) is 59.5 Å². The second kappa shape index (κ2) is 6.06. The summed E-state index contributed by atoms with van der Waals surface area (Å²) in [4.78, 5) is 17.1. The van der Waals surface area contributed by atoms with Crippen LogP contribution in [0.25, 0.3) is 21.9 Å². The van der Waals surface area contributed by atoms with Gasteiger partial charge in [0.05, 0.1) is 0 Å². The number of hydrogen-bond donors (Lipinski definition) is 1. The van der Waals surface area contributed by atoms with Gasteiger partial charge in [-0.15, -0.1) is 0 Å². The van der Waals surface area contributed by atoms with Crippen molar-refractivity contribution < 1.29 is 0 Å². The van der Waals surface area contributed by atoms with Crippen LogP contribution in [0.3, 0.4) is 0 Å². The SMILES string of the molecule is CCN(CC)c1ccc(-c2c[nH]c(=O)c3ccccc23)cc1. The van der Waals surface area contributed by atoms with Gasteiger partial charge < -0.3 is 9.88 Å². The molecule has 0 saturated heterocycles. The number of H-pyrrole nitrogens is 1. The van der Waals surface area contributed by atoms with Gasteiger partial charge in [0, 0.05) is 35.9 Å². The van der Waals surface area contributed by atoms with Gasteiger partial charge in [0.1, 0.15) is 0 Å². The number of aromatic nitrogens is 1. The van der Waals surface area contributed by atoms with Crippen LogP contribution < -0.4 is 10.5 Å². The van der Waals surface area contributed by atoms with Gasteiger partial charge in [-0.05, 0) is 43.0 Å². The van der Waals surface area contributed by atoms with E-state index in [1.165, 1.54) is 5.69 Å². The van der Waals surface area contributed by atoms with Crippen molar-refractivity contribution in [3.05, 3.63) is 65.1 Å². The van der Waals surface area contributed by atoms with Crippen LogP contribution in [-0.4, -0.2) is 18.1 Å². The minimum Gasteiger partial charge on any atom is -0.372 e. The van der Waals surface area contributed by atoms with Crippen molar-refractivity contribution in [1.29, 1.82) is 0 Å². The molecular weight excluding hydrogens is 272 g/mol. The molecule has 0 radical (unpaired) electrons. The van der Waals surface area contributed by atoms with Crippen molar-refractivity contribution in [1.82, 2.24) is 4.98 Å². The van der Waals surface area contributed by atoms with Gasteiger partial charge in [-0.3, -0.25) is 4.79 Å². The molecule has 112 valence electrons. The summed E-state index contributed by atoms with van der Waals surface area (Å²) in [6.45, 7) is 6.31. The molecule has 0 unspecified atom stereocenters. The van der Waals surface area contributed by atoms with Crippen molar-refractivity contribution in [3.63, 3.8) is 0 Å². The van der Waals surface area contributed by atoms with Crippen LogP contribution in [-0.2, 0) is 0 Å². The van der Waals surface area contributed by atoms with Crippen molar-refractivity contribution in [2.24, 2.45) is 0 Å². The number of aromatic amines is 1. The number of benzene rings is 2. The van der Waals surface area contributed by atoms with Gasteiger partial charge in [0.2, 0.25) is 0 Å². The summed E-state index contributed by atoms with van der Waals surface area (Å²) in [7, 11) is 0. The van der Waals surface area contributed by atoms with E-state index in [-0.39, 0.29) is 5.56 Å². The average Bonchev–Trinajstić information content (AvgIpc) is 2.57. The Morgan fingerprint density at radius 1 is 0.909 bits per heavy atom. The van der Waals surface area contributed by atoms with Crippen molar-refractivity contribution in [2.45, 2.75) is 13.8 Å². The second-order valence-electron chi connectivity index (χ2n) is 5.30. The molecule has 0 aliphatic rings. The zero-order chi connectivity index (χ0) is 15.5. The molecule has 1 aromatic heterocycles. The number of pyridine rings is 1. The van der Waals surface area contributed by atoms with Crippen molar-refractivity contribution in [2.75, 3.05) is 18.0 Å². The topological polar surface area (TPSA) is 36.1 Å². The monoisotopic (exact) mass is 292 g/mol. The molecular formula is C19H20N2O. The number of rotatable bonds is 4. The van der Waals surface area contributed by atoms with Crippen LogP contribution in [0.5, 0.6) is 0 Å². The van der Waals surface area contributed by atoms with E-state index in [1.54, 1.807) is 6.20 Å². The highest BCUT2D eigenvalue weighted by atomic mass is 16.1. The van der Waals surface area contributed by atoms with E-state index in [4.69, 9.17) is 0 Å². The maximum absolute atomic E-state index is 11.9. The normalized spacial score (nSPS) is 10.8. The molecule has 0 saturated carbocycles. The van der Waals surface area contributed by atoms with E-state index in [9.17, 15) is 4.79 Å². The number of anilines is 1. The summed E-state index contributed by atoms with van der Waals surface area (Å²) in [5.74, 6) is 0. The maximum atomic E-state index is 11.9. The molecule has 3 heteroatoms. The van der Waals surface area contributed by atoms with E-state index in [2.05, 4.69) is 48.0 Å². The molecule has 0 bridgehead atoms.